The summed E-state index contributed by atoms with van der Waals surface area (Å²) in [6.07, 6.45) is 1.86. The van der Waals surface area contributed by atoms with E-state index in [0.717, 1.165) is 19.4 Å². The molecule has 4 N–H and O–H groups in total. The fourth-order valence-corrected chi connectivity index (χ4v) is 2.40. The Hall–Kier alpha value is -1.93. The molecule has 2 unspecified atom stereocenters. The fraction of sp³-hybridized carbons (Fsp3) is 0.583. The van der Waals surface area contributed by atoms with Crippen LogP contribution in [0.2, 0.25) is 0 Å². The Morgan fingerprint density at radius 1 is 1.55 bits per heavy atom. The molecule has 1 aliphatic rings. The molecule has 1 saturated heterocycles. The highest BCUT2D eigenvalue weighted by Gasteiger charge is 2.25. The van der Waals surface area contributed by atoms with E-state index in [1.165, 1.54) is 12.1 Å². The van der Waals surface area contributed by atoms with E-state index in [4.69, 9.17) is 5.84 Å². The molecular weight excluding hydrogens is 260 g/mol. The highest BCUT2D eigenvalue weighted by molar-refractivity contribution is 5.60. The Morgan fingerprint density at radius 2 is 2.30 bits per heavy atom. The SMILES string of the molecule is CC1CC(Nc2nc(NN)ccc2[N+](=O)[O-])CCN1C. The van der Waals surface area contributed by atoms with Gasteiger partial charge in [-0.3, -0.25) is 10.1 Å². The summed E-state index contributed by atoms with van der Waals surface area (Å²) >= 11 is 0. The van der Waals surface area contributed by atoms with Gasteiger partial charge in [-0.25, -0.2) is 10.8 Å². The lowest BCUT2D eigenvalue weighted by atomic mass is 9.99. The third-order valence-electron chi connectivity index (χ3n) is 3.77. The summed E-state index contributed by atoms with van der Waals surface area (Å²) < 4.78 is 0. The fourth-order valence-electron chi connectivity index (χ4n) is 2.40. The van der Waals surface area contributed by atoms with Gasteiger partial charge < -0.3 is 15.6 Å². The third kappa shape index (κ3) is 3.14. The molecule has 8 nitrogen and oxygen atoms in total. The lowest BCUT2D eigenvalue weighted by Gasteiger charge is -2.35. The molecule has 110 valence electrons. The van der Waals surface area contributed by atoms with Gasteiger partial charge in [-0.05, 0) is 32.9 Å². The van der Waals surface area contributed by atoms with Crippen molar-refractivity contribution in [2.45, 2.75) is 31.8 Å². The monoisotopic (exact) mass is 280 g/mol. The molecule has 1 aliphatic heterocycles. The number of pyridine rings is 1. The number of nitro groups is 1. The van der Waals surface area contributed by atoms with Crippen molar-refractivity contribution in [1.82, 2.24) is 9.88 Å². The van der Waals surface area contributed by atoms with Crippen LogP contribution < -0.4 is 16.6 Å². The Kier molecular flexibility index (Phi) is 4.35. The summed E-state index contributed by atoms with van der Waals surface area (Å²) in [6.45, 7) is 3.11. The quantitative estimate of drug-likeness (QED) is 0.431. The maximum Gasteiger partial charge on any atom is 0.311 e. The van der Waals surface area contributed by atoms with E-state index in [1.54, 1.807) is 0 Å². The molecule has 0 aliphatic carbocycles. The smallest absolute Gasteiger partial charge is 0.311 e. The molecule has 0 bridgehead atoms. The minimum atomic E-state index is -0.436. The number of hydrogen-bond donors (Lipinski definition) is 3. The predicted molar refractivity (Wildman–Crippen MR) is 77.4 cm³/mol. The van der Waals surface area contributed by atoms with Crippen LogP contribution in [0.25, 0.3) is 0 Å². The Balaban J connectivity index is 2.17. The number of piperidine rings is 1. The van der Waals surface area contributed by atoms with E-state index < -0.39 is 4.92 Å². The van der Waals surface area contributed by atoms with Gasteiger partial charge in [-0.15, -0.1) is 0 Å². The topological polar surface area (TPSA) is 109 Å². The van der Waals surface area contributed by atoms with Crippen LogP contribution in [-0.2, 0) is 0 Å². The summed E-state index contributed by atoms with van der Waals surface area (Å²) in [7, 11) is 2.08. The molecule has 20 heavy (non-hydrogen) atoms. The zero-order chi connectivity index (χ0) is 14.7. The van der Waals surface area contributed by atoms with Crippen LogP contribution in [0.15, 0.2) is 12.1 Å². The maximum absolute atomic E-state index is 11.0. The Bertz CT molecular complexity index is 495. The van der Waals surface area contributed by atoms with Crippen molar-refractivity contribution in [3.05, 3.63) is 22.2 Å². The summed E-state index contributed by atoms with van der Waals surface area (Å²) in [4.78, 5) is 17.0. The van der Waals surface area contributed by atoms with E-state index in [0.29, 0.717) is 11.9 Å². The van der Waals surface area contributed by atoms with E-state index >= 15 is 0 Å². The molecule has 0 radical (unpaired) electrons. The van der Waals surface area contributed by atoms with Crippen LogP contribution in [0.3, 0.4) is 0 Å². The van der Waals surface area contributed by atoms with E-state index in [2.05, 4.69) is 34.6 Å². The van der Waals surface area contributed by atoms with Crippen molar-refractivity contribution < 1.29 is 4.92 Å². The summed E-state index contributed by atoms with van der Waals surface area (Å²) in [5.74, 6) is 5.97. The molecule has 0 aromatic carbocycles. The first kappa shape index (κ1) is 14.5. The molecule has 1 fully saturated rings. The minimum Gasteiger partial charge on any atom is -0.361 e. The van der Waals surface area contributed by atoms with Gasteiger partial charge in [-0.2, -0.15) is 0 Å². The molecule has 1 aromatic heterocycles. The highest BCUT2D eigenvalue weighted by atomic mass is 16.6. The number of aromatic nitrogens is 1. The maximum atomic E-state index is 11.0. The van der Waals surface area contributed by atoms with Crippen LogP contribution in [0.5, 0.6) is 0 Å². The molecule has 0 spiro atoms. The van der Waals surface area contributed by atoms with Crippen molar-refractivity contribution in [2.24, 2.45) is 5.84 Å². The second kappa shape index (κ2) is 6.02. The zero-order valence-corrected chi connectivity index (χ0v) is 11.7. The number of nitrogen functional groups attached to an aromatic ring is 1. The molecule has 1 aromatic rings. The Labute approximate surface area is 117 Å². The minimum absolute atomic E-state index is 0.0319. The normalized spacial score (nSPS) is 23.4. The van der Waals surface area contributed by atoms with Gasteiger partial charge in [0.1, 0.15) is 5.82 Å². The zero-order valence-electron chi connectivity index (χ0n) is 11.7. The van der Waals surface area contributed by atoms with Gasteiger partial charge in [0, 0.05) is 24.7 Å². The number of nitrogens with one attached hydrogen (secondary N) is 2. The number of hydrazine groups is 1. The van der Waals surface area contributed by atoms with Crippen LogP contribution in [0.1, 0.15) is 19.8 Å². The average molecular weight is 280 g/mol. The number of rotatable bonds is 4. The summed E-state index contributed by atoms with van der Waals surface area (Å²) in [6, 6.07) is 3.51. The van der Waals surface area contributed by atoms with Crippen LogP contribution >= 0.6 is 0 Å². The van der Waals surface area contributed by atoms with Crippen molar-refractivity contribution in [2.75, 3.05) is 24.3 Å². The standard InChI is InChI=1S/C12H20N6O2/c1-8-7-9(5-6-17(8)2)14-12-10(18(19)20)3-4-11(15-12)16-13/h3-4,8-9H,5-7,13H2,1-2H3,(H2,14,15,16). The van der Waals surface area contributed by atoms with Crippen molar-refractivity contribution in [3.63, 3.8) is 0 Å². The van der Waals surface area contributed by atoms with E-state index in [1.807, 2.05) is 0 Å². The van der Waals surface area contributed by atoms with Crippen LogP contribution in [0, 0.1) is 10.1 Å². The Morgan fingerprint density at radius 3 is 2.90 bits per heavy atom. The number of nitrogens with two attached hydrogens (primary N) is 1. The van der Waals surface area contributed by atoms with Gasteiger partial charge in [0.15, 0.2) is 0 Å². The van der Waals surface area contributed by atoms with Crippen molar-refractivity contribution in [1.29, 1.82) is 0 Å². The van der Waals surface area contributed by atoms with Gasteiger partial charge in [0.2, 0.25) is 5.82 Å². The van der Waals surface area contributed by atoms with Gasteiger partial charge >= 0.3 is 5.69 Å². The molecule has 2 atom stereocenters. The summed E-state index contributed by atoms with van der Waals surface area (Å²) in [5.41, 5.74) is 2.37. The predicted octanol–water partition coefficient (Wildman–Crippen LogP) is 1.17. The number of likely N-dealkylation sites (tertiary alicyclic amines) is 1. The molecule has 2 rings (SSSR count). The van der Waals surface area contributed by atoms with Crippen LogP contribution in [0.4, 0.5) is 17.3 Å². The highest BCUT2D eigenvalue weighted by Crippen LogP contribution is 2.27. The first-order valence-corrected chi connectivity index (χ1v) is 6.60. The average Bonchev–Trinajstić information content (AvgIpc) is 2.42. The lowest BCUT2D eigenvalue weighted by Crippen LogP contribution is -2.42. The van der Waals surface area contributed by atoms with Crippen molar-refractivity contribution in [3.8, 4) is 0 Å². The molecule has 0 amide bonds. The second-order valence-electron chi connectivity index (χ2n) is 5.16. The lowest BCUT2D eigenvalue weighted by molar-refractivity contribution is -0.384. The number of hydrogen-bond acceptors (Lipinski definition) is 7. The van der Waals surface area contributed by atoms with Crippen molar-refractivity contribution >= 4 is 17.3 Å². The van der Waals surface area contributed by atoms with E-state index in [-0.39, 0.29) is 17.5 Å². The number of nitrogens with zero attached hydrogens (tertiary/aromatic N) is 3. The van der Waals surface area contributed by atoms with Crippen LogP contribution in [-0.4, -0.2) is 40.5 Å². The largest absolute Gasteiger partial charge is 0.361 e. The van der Waals surface area contributed by atoms with Gasteiger partial charge in [-0.1, -0.05) is 0 Å². The molecule has 0 saturated carbocycles. The third-order valence-corrected chi connectivity index (χ3v) is 3.77. The van der Waals surface area contributed by atoms with Gasteiger partial charge in [0.25, 0.3) is 0 Å². The number of anilines is 2. The second-order valence-corrected chi connectivity index (χ2v) is 5.16. The first-order chi connectivity index (χ1) is 9.51. The van der Waals surface area contributed by atoms with Gasteiger partial charge in [0.05, 0.1) is 4.92 Å². The molecule has 8 heteroatoms. The molecule has 2 heterocycles. The molecular formula is C12H20N6O2. The van der Waals surface area contributed by atoms with E-state index in [9.17, 15) is 10.1 Å². The first-order valence-electron chi connectivity index (χ1n) is 6.60. The summed E-state index contributed by atoms with van der Waals surface area (Å²) in [5, 5.41) is 14.2.